The molecule has 0 aliphatic heterocycles. The summed E-state index contributed by atoms with van der Waals surface area (Å²) in [4.78, 5) is 11.7. The fourth-order valence-electron chi connectivity index (χ4n) is 2.46. The first-order valence-electron chi connectivity index (χ1n) is 6.45. The van der Waals surface area contributed by atoms with Gasteiger partial charge in [0.25, 0.3) is 0 Å². The molecule has 0 N–H and O–H groups in total. The second-order valence-corrected chi connectivity index (χ2v) is 5.22. The summed E-state index contributed by atoms with van der Waals surface area (Å²) in [6.45, 7) is 9.78. The molecule has 100 valence electrons. The zero-order valence-corrected chi connectivity index (χ0v) is 12.5. The molecular weight excluding hydrogens is 236 g/mol. The second-order valence-electron chi connectivity index (χ2n) is 5.22. The number of hydrogen-bond acceptors (Lipinski definition) is 2. The Bertz CT molecular complexity index is 666. The third-order valence-corrected chi connectivity index (χ3v) is 3.84. The fourth-order valence-corrected chi connectivity index (χ4v) is 2.46. The predicted molar refractivity (Wildman–Crippen MR) is 77.6 cm³/mol. The highest BCUT2D eigenvalue weighted by atomic mass is 16.1. The molecule has 0 aliphatic rings. The molecule has 0 fully saturated rings. The van der Waals surface area contributed by atoms with E-state index in [2.05, 4.69) is 31.9 Å². The maximum Gasteiger partial charge on any atom is 0.160 e. The first-order valence-corrected chi connectivity index (χ1v) is 6.45. The van der Waals surface area contributed by atoms with Gasteiger partial charge in [0.2, 0.25) is 0 Å². The molecule has 0 radical (unpaired) electrons. The van der Waals surface area contributed by atoms with Crippen LogP contribution < -0.4 is 0 Å². The Balaban J connectivity index is 2.71. The number of ketones is 1. The van der Waals surface area contributed by atoms with Gasteiger partial charge in [0.1, 0.15) is 0 Å². The van der Waals surface area contributed by atoms with Gasteiger partial charge in [-0.15, -0.1) is 0 Å². The zero-order chi connectivity index (χ0) is 14.3. The number of hydrogen-bond donors (Lipinski definition) is 0. The van der Waals surface area contributed by atoms with Crippen molar-refractivity contribution in [3.63, 3.8) is 0 Å². The van der Waals surface area contributed by atoms with Crippen molar-refractivity contribution in [3.8, 4) is 11.3 Å². The van der Waals surface area contributed by atoms with Gasteiger partial charge in [-0.25, -0.2) is 0 Å². The van der Waals surface area contributed by atoms with Crippen molar-refractivity contribution in [2.75, 3.05) is 0 Å². The predicted octanol–water partition coefficient (Wildman–Crippen LogP) is 3.52. The summed E-state index contributed by atoms with van der Waals surface area (Å²) in [5.74, 6) is 0.101. The van der Waals surface area contributed by atoms with Crippen molar-refractivity contribution < 1.29 is 4.79 Å². The molecule has 3 heteroatoms. The van der Waals surface area contributed by atoms with E-state index in [9.17, 15) is 4.79 Å². The lowest BCUT2D eigenvalue weighted by Gasteiger charge is -2.09. The smallest absolute Gasteiger partial charge is 0.160 e. The number of carbonyl (C=O) groups is 1. The minimum absolute atomic E-state index is 0.101. The molecule has 0 spiro atoms. The number of carbonyl (C=O) groups excluding carboxylic acids is 1. The number of Topliss-reactive ketones (excluding diaryl/α,β-unsaturated/α-hetero) is 1. The Morgan fingerprint density at radius 1 is 1.11 bits per heavy atom. The van der Waals surface area contributed by atoms with Crippen molar-refractivity contribution in [1.29, 1.82) is 0 Å². The van der Waals surface area contributed by atoms with E-state index in [1.165, 1.54) is 5.56 Å². The fraction of sp³-hybridized carbons (Fsp3) is 0.375. The number of aryl methyl sites for hydroxylation is 3. The molecule has 1 aromatic heterocycles. The molecule has 2 aromatic rings. The van der Waals surface area contributed by atoms with E-state index < -0.39 is 0 Å². The van der Waals surface area contributed by atoms with Crippen LogP contribution in [0.4, 0.5) is 0 Å². The van der Waals surface area contributed by atoms with Gasteiger partial charge in [-0.1, -0.05) is 6.07 Å². The first-order chi connectivity index (χ1) is 8.82. The van der Waals surface area contributed by atoms with Crippen LogP contribution in [0, 0.1) is 27.7 Å². The number of aromatic nitrogens is 2. The van der Waals surface area contributed by atoms with Crippen molar-refractivity contribution in [2.24, 2.45) is 7.05 Å². The summed E-state index contributed by atoms with van der Waals surface area (Å²) in [6.07, 6.45) is 0. The largest absolute Gasteiger partial charge is 0.295 e. The van der Waals surface area contributed by atoms with Crippen molar-refractivity contribution in [3.05, 3.63) is 40.1 Å². The Kier molecular flexibility index (Phi) is 3.31. The Morgan fingerprint density at radius 2 is 1.74 bits per heavy atom. The Hall–Kier alpha value is -1.90. The average molecular weight is 256 g/mol. The maximum absolute atomic E-state index is 11.7. The summed E-state index contributed by atoms with van der Waals surface area (Å²) < 4.78 is 1.89. The Morgan fingerprint density at radius 3 is 2.21 bits per heavy atom. The SMILES string of the molecule is CC(=O)c1cc(-c2nn(C)c(C)c2C)c(C)cc1C. The summed E-state index contributed by atoms with van der Waals surface area (Å²) in [6, 6.07) is 4.04. The van der Waals surface area contributed by atoms with Crippen LogP contribution >= 0.6 is 0 Å². The third-order valence-electron chi connectivity index (χ3n) is 3.84. The molecule has 0 bridgehead atoms. The van der Waals surface area contributed by atoms with E-state index in [4.69, 9.17) is 0 Å². The molecule has 0 unspecified atom stereocenters. The summed E-state index contributed by atoms with van der Waals surface area (Å²) in [5.41, 5.74) is 7.31. The molecule has 1 heterocycles. The van der Waals surface area contributed by atoms with Gasteiger partial charge < -0.3 is 0 Å². The van der Waals surface area contributed by atoms with E-state index in [1.807, 2.05) is 24.7 Å². The molecule has 3 nitrogen and oxygen atoms in total. The Labute approximate surface area is 114 Å². The highest BCUT2D eigenvalue weighted by molar-refractivity contribution is 5.97. The lowest BCUT2D eigenvalue weighted by Crippen LogP contribution is -1.99. The van der Waals surface area contributed by atoms with Gasteiger partial charge in [-0.05, 0) is 57.4 Å². The first kappa shape index (κ1) is 13.5. The maximum atomic E-state index is 11.7. The van der Waals surface area contributed by atoms with Crippen LogP contribution in [0.5, 0.6) is 0 Å². The molecule has 19 heavy (non-hydrogen) atoms. The highest BCUT2D eigenvalue weighted by Gasteiger charge is 2.15. The minimum atomic E-state index is 0.101. The second kappa shape index (κ2) is 4.65. The summed E-state index contributed by atoms with van der Waals surface area (Å²) in [5, 5.41) is 4.58. The third kappa shape index (κ3) is 2.21. The van der Waals surface area contributed by atoms with E-state index in [0.717, 1.165) is 33.6 Å². The molecule has 0 saturated carbocycles. The van der Waals surface area contributed by atoms with Crippen molar-refractivity contribution >= 4 is 5.78 Å². The number of nitrogens with zero attached hydrogens (tertiary/aromatic N) is 2. The normalized spacial score (nSPS) is 10.8. The molecule has 0 amide bonds. The topological polar surface area (TPSA) is 34.9 Å². The van der Waals surface area contributed by atoms with E-state index in [-0.39, 0.29) is 5.78 Å². The molecule has 0 saturated heterocycles. The standard InChI is InChI=1S/C16H20N2O/c1-9-7-10(2)15(8-14(9)13(5)19)16-11(3)12(4)18(6)17-16/h7-8H,1-6H3. The molecule has 2 rings (SSSR count). The van der Waals surface area contributed by atoms with Crippen LogP contribution in [0.1, 0.15) is 39.7 Å². The number of benzene rings is 1. The van der Waals surface area contributed by atoms with Crippen LogP contribution in [-0.4, -0.2) is 15.6 Å². The molecule has 0 aliphatic carbocycles. The van der Waals surface area contributed by atoms with Crippen molar-refractivity contribution in [1.82, 2.24) is 9.78 Å². The molecular formula is C16H20N2O. The quantitative estimate of drug-likeness (QED) is 0.770. The molecule has 1 aromatic carbocycles. The van der Waals surface area contributed by atoms with Crippen LogP contribution in [-0.2, 0) is 7.05 Å². The van der Waals surface area contributed by atoms with Crippen molar-refractivity contribution in [2.45, 2.75) is 34.6 Å². The zero-order valence-electron chi connectivity index (χ0n) is 12.5. The average Bonchev–Trinajstić information content (AvgIpc) is 2.57. The van der Waals surface area contributed by atoms with Crippen LogP contribution in [0.2, 0.25) is 0 Å². The summed E-state index contributed by atoms with van der Waals surface area (Å²) in [7, 11) is 1.95. The monoisotopic (exact) mass is 256 g/mol. The van der Waals surface area contributed by atoms with Gasteiger partial charge in [-0.3, -0.25) is 9.48 Å². The molecule has 0 atom stereocenters. The summed E-state index contributed by atoms with van der Waals surface area (Å²) >= 11 is 0. The van der Waals surface area contributed by atoms with E-state index >= 15 is 0 Å². The van der Waals surface area contributed by atoms with Crippen LogP contribution in [0.15, 0.2) is 12.1 Å². The highest BCUT2D eigenvalue weighted by Crippen LogP contribution is 2.29. The van der Waals surface area contributed by atoms with Crippen LogP contribution in [0.25, 0.3) is 11.3 Å². The number of rotatable bonds is 2. The lowest BCUT2D eigenvalue weighted by atomic mass is 9.94. The van der Waals surface area contributed by atoms with E-state index in [1.54, 1.807) is 6.92 Å². The van der Waals surface area contributed by atoms with E-state index in [0.29, 0.717) is 0 Å². The van der Waals surface area contributed by atoms with Crippen LogP contribution in [0.3, 0.4) is 0 Å². The lowest BCUT2D eigenvalue weighted by molar-refractivity contribution is 0.101. The van der Waals surface area contributed by atoms with Gasteiger partial charge in [-0.2, -0.15) is 5.10 Å². The van der Waals surface area contributed by atoms with Gasteiger partial charge in [0, 0.05) is 23.9 Å². The van der Waals surface area contributed by atoms with Gasteiger partial charge >= 0.3 is 0 Å². The minimum Gasteiger partial charge on any atom is -0.295 e. The van der Waals surface area contributed by atoms with Gasteiger partial charge in [0.15, 0.2) is 5.78 Å². The van der Waals surface area contributed by atoms with Gasteiger partial charge in [0.05, 0.1) is 5.69 Å².